The molecule has 3 rings (SSSR count). The van der Waals surface area contributed by atoms with Gasteiger partial charge >= 0.3 is 0 Å². The molecule has 0 radical (unpaired) electrons. The average Bonchev–Trinajstić information content (AvgIpc) is 2.62. The van der Waals surface area contributed by atoms with Gasteiger partial charge < -0.3 is 0 Å². The molecule has 0 atom stereocenters. The first kappa shape index (κ1) is 18.3. The first-order chi connectivity index (χ1) is 12.7. The van der Waals surface area contributed by atoms with Crippen LogP contribution in [0.5, 0.6) is 0 Å². The van der Waals surface area contributed by atoms with E-state index in [1.165, 1.54) is 35.1 Å². The summed E-state index contributed by atoms with van der Waals surface area (Å²) in [5.74, 6) is 0. The van der Waals surface area contributed by atoms with E-state index >= 15 is 0 Å². The summed E-state index contributed by atoms with van der Waals surface area (Å²) in [6, 6.07) is 17.7. The van der Waals surface area contributed by atoms with E-state index in [1.807, 2.05) is 0 Å². The van der Waals surface area contributed by atoms with Gasteiger partial charge in [-0.15, -0.1) is 0 Å². The minimum Gasteiger partial charge on any atom is -0.205 e. The van der Waals surface area contributed by atoms with Crippen molar-refractivity contribution >= 4 is 0 Å². The zero-order valence-corrected chi connectivity index (χ0v) is 16.1. The van der Waals surface area contributed by atoms with Crippen LogP contribution >= 0.6 is 0 Å². The summed E-state index contributed by atoms with van der Waals surface area (Å²) >= 11 is 0. The van der Waals surface area contributed by atoms with Crippen LogP contribution in [0.3, 0.4) is 0 Å². The Morgan fingerprint density at radius 2 is 1.15 bits per heavy atom. The molecule has 0 saturated carbocycles. The zero-order valence-electron chi connectivity index (χ0n) is 16.1. The lowest BCUT2D eigenvalue weighted by molar-refractivity contribution is -0.697. The second-order valence-electron chi connectivity index (χ2n) is 7.27. The lowest BCUT2D eigenvalue weighted by Crippen LogP contribution is -2.33. The number of nitrogens with zero attached hydrogens (tertiary/aromatic N) is 2. The number of hydrogen-bond acceptors (Lipinski definition) is 0. The van der Waals surface area contributed by atoms with Crippen LogP contribution in [0.1, 0.15) is 35.1 Å². The van der Waals surface area contributed by atoms with Gasteiger partial charge in [0, 0.05) is 36.1 Å². The summed E-state index contributed by atoms with van der Waals surface area (Å²) in [6.45, 7) is 6.45. The van der Waals surface area contributed by atoms with Gasteiger partial charge in [0.05, 0.1) is 0 Å². The number of rotatable bonds is 8. The largest absolute Gasteiger partial charge is 0.205 e. The van der Waals surface area contributed by atoms with Gasteiger partial charge in [-0.3, -0.25) is 0 Å². The van der Waals surface area contributed by atoms with Gasteiger partial charge in [-0.25, -0.2) is 9.13 Å². The van der Waals surface area contributed by atoms with Crippen molar-refractivity contribution in [1.82, 2.24) is 0 Å². The highest BCUT2D eigenvalue weighted by Crippen LogP contribution is 2.10. The fourth-order valence-corrected chi connectivity index (χ4v) is 3.46. The normalized spacial score (nSPS) is 10.8. The molecule has 3 aromatic rings. The monoisotopic (exact) mass is 346 g/mol. The molecule has 0 fully saturated rings. The molecule has 0 amide bonds. The van der Waals surface area contributed by atoms with Gasteiger partial charge in [-0.05, 0) is 49.9 Å². The molecule has 0 unspecified atom stereocenters. The Labute approximate surface area is 157 Å². The fraction of sp³-hybridized carbons (Fsp3) is 0.333. The molecule has 2 aromatic heterocycles. The van der Waals surface area contributed by atoms with Crippen LogP contribution in [0, 0.1) is 13.8 Å². The number of aromatic nitrogens is 2. The van der Waals surface area contributed by atoms with Crippen molar-refractivity contribution < 1.29 is 9.13 Å². The van der Waals surface area contributed by atoms with Gasteiger partial charge in [0.25, 0.3) is 0 Å². The number of pyridine rings is 2. The Kier molecular flexibility index (Phi) is 6.54. The van der Waals surface area contributed by atoms with Crippen molar-refractivity contribution in [3.63, 3.8) is 0 Å². The number of aryl methyl sites for hydroxylation is 6. The van der Waals surface area contributed by atoms with Crippen molar-refractivity contribution in [2.24, 2.45) is 0 Å². The highest BCUT2D eigenvalue weighted by molar-refractivity contribution is 5.23. The van der Waals surface area contributed by atoms with Crippen molar-refractivity contribution in [1.29, 1.82) is 0 Å². The topological polar surface area (TPSA) is 7.76 Å². The molecular weight excluding hydrogens is 316 g/mol. The molecule has 0 aliphatic carbocycles. The van der Waals surface area contributed by atoms with Crippen molar-refractivity contribution in [3.05, 3.63) is 95.6 Å². The minimum absolute atomic E-state index is 1.08. The van der Waals surface area contributed by atoms with Gasteiger partial charge in [-0.1, -0.05) is 24.3 Å². The molecule has 1 aromatic carbocycles. The molecule has 26 heavy (non-hydrogen) atoms. The van der Waals surface area contributed by atoms with Crippen molar-refractivity contribution in [3.8, 4) is 0 Å². The average molecular weight is 347 g/mol. The quantitative estimate of drug-likeness (QED) is 0.542. The molecule has 2 heterocycles. The van der Waals surface area contributed by atoms with Crippen LogP contribution in [-0.2, 0) is 25.9 Å². The lowest BCUT2D eigenvalue weighted by Gasteiger charge is -2.05. The summed E-state index contributed by atoms with van der Waals surface area (Å²) in [4.78, 5) is 0. The second-order valence-corrected chi connectivity index (χ2v) is 7.27. The van der Waals surface area contributed by atoms with E-state index in [1.54, 1.807) is 0 Å². The van der Waals surface area contributed by atoms with E-state index in [2.05, 4.69) is 96.3 Å². The Morgan fingerprint density at radius 1 is 0.654 bits per heavy atom. The highest BCUT2D eigenvalue weighted by Gasteiger charge is 2.04. The van der Waals surface area contributed by atoms with E-state index in [4.69, 9.17) is 0 Å². The molecule has 0 saturated heterocycles. The molecule has 0 aliphatic heterocycles. The molecule has 2 heteroatoms. The third-order valence-corrected chi connectivity index (χ3v) is 4.77. The molecule has 0 spiro atoms. The predicted molar refractivity (Wildman–Crippen MR) is 106 cm³/mol. The molecule has 2 nitrogen and oxygen atoms in total. The van der Waals surface area contributed by atoms with Gasteiger partial charge in [0.1, 0.15) is 13.1 Å². The molecule has 0 N–H and O–H groups in total. The molecule has 0 bridgehead atoms. The van der Waals surface area contributed by atoms with Crippen LogP contribution in [0.15, 0.2) is 73.3 Å². The maximum Gasteiger partial charge on any atom is 0.171 e. The second kappa shape index (κ2) is 9.28. The van der Waals surface area contributed by atoms with Crippen LogP contribution in [0.2, 0.25) is 0 Å². The summed E-state index contributed by atoms with van der Waals surface area (Å²) in [5, 5.41) is 0. The number of hydrogen-bond donors (Lipinski definition) is 0. The van der Waals surface area contributed by atoms with Crippen LogP contribution in [0.25, 0.3) is 0 Å². The molecule has 0 aliphatic rings. The summed E-state index contributed by atoms with van der Waals surface area (Å²) in [5.41, 5.74) is 5.56. The van der Waals surface area contributed by atoms with E-state index in [-0.39, 0.29) is 0 Å². The van der Waals surface area contributed by atoms with Crippen LogP contribution in [-0.4, -0.2) is 0 Å². The van der Waals surface area contributed by atoms with Crippen molar-refractivity contribution in [2.75, 3.05) is 0 Å². The van der Waals surface area contributed by atoms with Gasteiger partial charge in [0.2, 0.25) is 0 Å². The van der Waals surface area contributed by atoms with E-state index in [0.717, 1.165) is 25.9 Å². The van der Waals surface area contributed by atoms with E-state index in [0.29, 0.717) is 0 Å². The SMILES string of the molecule is Cc1ccc[n+](CCCc2cccc(CCC[n+]3cccc(C)c3)c2)c1. The summed E-state index contributed by atoms with van der Waals surface area (Å²) < 4.78 is 4.58. The van der Waals surface area contributed by atoms with Crippen LogP contribution in [0.4, 0.5) is 0 Å². The van der Waals surface area contributed by atoms with Crippen molar-refractivity contribution in [2.45, 2.75) is 52.6 Å². The van der Waals surface area contributed by atoms with Crippen LogP contribution < -0.4 is 9.13 Å². The summed E-state index contributed by atoms with van der Waals surface area (Å²) in [7, 11) is 0. The lowest BCUT2D eigenvalue weighted by atomic mass is 10.0. The minimum atomic E-state index is 1.08. The summed E-state index contributed by atoms with van der Waals surface area (Å²) in [6.07, 6.45) is 13.4. The predicted octanol–water partition coefficient (Wildman–Crippen LogP) is 4.14. The molecule has 134 valence electrons. The molecular formula is C24H30N2+2. The zero-order chi connectivity index (χ0) is 18.2. The van der Waals surface area contributed by atoms with Gasteiger partial charge in [-0.2, -0.15) is 0 Å². The Hall–Kier alpha value is -2.48. The Balaban J connectivity index is 1.46. The maximum absolute atomic E-state index is 2.39. The standard InChI is InChI=1S/C24H30N2/c1-21-8-4-14-25(19-21)16-6-12-23-10-3-11-24(18-23)13-7-17-26-15-5-9-22(2)20-26/h3-5,8-11,14-15,18-20H,6-7,12-13,16-17H2,1-2H3/q+2. The Morgan fingerprint density at radius 3 is 1.62 bits per heavy atom. The fourth-order valence-electron chi connectivity index (χ4n) is 3.46. The third-order valence-electron chi connectivity index (χ3n) is 4.77. The Bertz CT molecular complexity index is 772. The third kappa shape index (κ3) is 5.80. The van der Waals surface area contributed by atoms with E-state index < -0.39 is 0 Å². The smallest absolute Gasteiger partial charge is 0.171 e. The number of benzene rings is 1. The first-order valence-corrected chi connectivity index (χ1v) is 9.68. The van der Waals surface area contributed by atoms with Gasteiger partial charge in [0.15, 0.2) is 24.8 Å². The van der Waals surface area contributed by atoms with E-state index in [9.17, 15) is 0 Å². The first-order valence-electron chi connectivity index (χ1n) is 9.68. The highest BCUT2D eigenvalue weighted by atomic mass is 14.9. The maximum atomic E-state index is 2.39.